The molecule has 0 radical (unpaired) electrons. The molecule has 0 bridgehead atoms. The van der Waals surface area contributed by atoms with Crippen molar-refractivity contribution >= 4 is 5.97 Å². The van der Waals surface area contributed by atoms with E-state index in [1.54, 1.807) is 20.8 Å². The Morgan fingerprint density at radius 2 is 1.58 bits per heavy atom. The molecule has 0 amide bonds. The SMILES string of the molecule is CC(C)(C)C(=O)[O-].CC[N+](C)(C)Cc1ccccc1. The fraction of sp³-hybridized carbons (Fsp3) is 0.562. The van der Waals surface area contributed by atoms with E-state index in [4.69, 9.17) is 0 Å². The molecule has 0 saturated heterocycles. The molecule has 0 saturated carbocycles. The van der Waals surface area contributed by atoms with Gasteiger partial charge in [0.1, 0.15) is 6.54 Å². The molecule has 3 nitrogen and oxygen atoms in total. The molecule has 0 atom stereocenters. The molecule has 1 aromatic carbocycles. The molecular weight excluding hydrogens is 238 g/mol. The minimum absolute atomic E-state index is 0.694. The number of hydrogen-bond acceptors (Lipinski definition) is 2. The number of rotatable bonds is 3. The summed E-state index contributed by atoms with van der Waals surface area (Å²) in [6.07, 6.45) is 0. The predicted molar refractivity (Wildman–Crippen MR) is 77.3 cm³/mol. The Morgan fingerprint density at radius 3 is 1.89 bits per heavy atom. The molecule has 1 aromatic rings. The van der Waals surface area contributed by atoms with Crippen LogP contribution in [0.15, 0.2) is 30.3 Å². The van der Waals surface area contributed by atoms with E-state index in [2.05, 4.69) is 51.4 Å². The lowest BCUT2D eigenvalue weighted by molar-refractivity contribution is -0.901. The van der Waals surface area contributed by atoms with Crippen LogP contribution < -0.4 is 5.11 Å². The summed E-state index contributed by atoms with van der Waals surface area (Å²) in [7, 11) is 4.51. The Labute approximate surface area is 117 Å². The summed E-state index contributed by atoms with van der Waals surface area (Å²) in [6, 6.07) is 10.6. The number of nitrogens with zero attached hydrogens (tertiary/aromatic N) is 1. The van der Waals surface area contributed by atoms with Crippen molar-refractivity contribution in [3.8, 4) is 0 Å². The van der Waals surface area contributed by atoms with Crippen molar-refractivity contribution in [3.63, 3.8) is 0 Å². The van der Waals surface area contributed by atoms with Gasteiger partial charge in [-0.15, -0.1) is 0 Å². The van der Waals surface area contributed by atoms with Gasteiger partial charge in [-0.25, -0.2) is 0 Å². The van der Waals surface area contributed by atoms with Gasteiger partial charge >= 0.3 is 0 Å². The molecule has 0 N–H and O–H groups in total. The van der Waals surface area contributed by atoms with E-state index in [-0.39, 0.29) is 0 Å². The van der Waals surface area contributed by atoms with Crippen LogP contribution in [0.25, 0.3) is 0 Å². The Morgan fingerprint density at radius 1 is 1.16 bits per heavy atom. The highest BCUT2D eigenvalue weighted by Gasteiger charge is 2.11. The lowest BCUT2D eigenvalue weighted by atomic mass is 9.98. The van der Waals surface area contributed by atoms with Crippen LogP contribution in [0.3, 0.4) is 0 Å². The standard InChI is InChI=1S/C11H18N.C5H10O2/c1-4-12(2,3)10-11-8-6-5-7-9-11;1-5(2,3)4(6)7/h5-9H,4,10H2,1-3H3;1-3H3,(H,6,7)/q+1;/p-1. The van der Waals surface area contributed by atoms with Gasteiger partial charge in [0.15, 0.2) is 0 Å². The fourth-order valence-electron chi connectivity index (χ4n) is 1.19. The normalized spacial score (nSPS) is 11.5. The van der Waals surface area contributed by atoms with Crippen LogP contribution in [0, 0.1) is 5.41 Å². The van der Waals surface area contributed by atoms with Gasteiger partial charge in [-0.1, -0.05) is 51.1 Å². The van der Waals surface area contributed by atoms with E-state index in [0.29, 0.717) is 0 Å². The average Bonchev–Trinajstić information content (AvgIpc) is 2.29. The maximum Gasteiger partial charge on any atom is 0.104 e. The van der Waals surface area contributed by atoms with E-state index in [1.807, 2.05) is 0 Å². The molecule has 3 heteroatoms. The monoisotopic (exact) mass is 265 g/mol. The minimum Gasteiger partial charge on any atom is -0.550 e. The number of hydrogen-bond donors (Lipinski definition) is 0. The van der Waals surface area contributed by atoms with E-state index < -0.39 is 11.4 Å². The largest absolute Gasteiger partial charge is 0.550 e. The number of carboxylic acids is 1. The van der Waals surface area contributed by atoms with Gasteiger partial charge < -0.3 is 14.4 Å². The molecule has 0 aromatic heterocycles. The van der Waals surface area contributed by atoms with Crippen LogP contribution in [-0.2, 0) is 11.3 Å². The van der Waals surface area contributed by atoms with Crippen molar-refractivity contribution in [2.24, 2.45) is 5.41 Å². The van der Waals surface area contributed by atoms with Crippen LogP contribution in [0.2, 0.25) is 0 Å². The second-order valence-electron chi connectivity index (χ2n) is 6.43. The highest BCUT2D eigenvalue weighted by atomic mass is 16.4. The van der Waals surface area contributed by atoms with Crippen molar-refractivity contribution in [3.05, 3.63) is 35.9 Å². The summed E-state index contributed by atoms with van der Waals surface area (Å²) < 4.78 is 1.06. The summed E-state index contributed by atoms with van der Waals surface area (Å²) >= 11 is 0. The van der Waals surface area contributed by atoms with Gasteiger partial charge in [-0.3, -0.25) is 0 Å². The third kappa shape index (κ3) is 8.38. The van der Waals surface area contributed by atoms with Gasteiger partial charge in [-0.05, 0) is 6.92 Å². The zero-order valence-corrected chi connectivity index (χ0v) is 13.1. The van der Waals surface area contributed by atoms with Crippen LogP contribution in [0.5, 0.6) is 0 Å². The van der Waals surface area contributed by atoms with Crippen LogP contribution in [0.4, 0.5) is 0 Å². The molecule has 1 rings (SSSR count). The quantitative estimate of drug-likeness (QED) is 0.785. The first-order valence-electron chi connectivity index (χ1n) is 6.66. The molecule has 0 aliphatic heterocycles. The fourth-order valence-corrected chi connectivity index (χ4v) is 1.19. The van der Waals surface area contributed by atoms with Crippen molar-refractivity contribution in [2.75, 3.05) is 20.6 Å². The molecule has 19 heavy (non-hydrogen) atoms. The Kier molecular flexibility index (Phi) is 6.77. The minimum atomic E-state index is -1.01. The summed E-state index contributed by atoms with van der Waals surface area (Å²) in [5, 5.41) is 9.91. The maximum absolute atomic E-state index is 9.91. The van der Waals surface area contributed by atoms with Gasteiger partial charge in [0.25, 0.3) is 0 Å². The second-order valence-corrected chi connectivity index (χ2v) is 6.43. The van der Waals surface area contributed by atoms with Gasteiger partial charge in [0, 0.05) is 16.9 Å². The first-order valence-corrected chi connectivity index (χ1v) is 6.66. The molecule has 0 heterocycles. The number of carboxylic acid groups (broad SMARTS) is 1. The third-order valence-electron chi connectivity index (χ3n) is 2.92. The Balaban J connectivity index is 0.000000399. The molecule has 0 unspecified atom stereocenters. The van der Waals surface area contributed by atoms with Crippen molar-refractivity contribution in [1.29, 1.82) is 0 Å². The van der Waals surface area contributed by atoms with Crippen LogP contribution >= 0.6 is 0 Å². The lowest BCUT2D eigenvalue weighted by Gasteiger charge is -2.28. The first kappa shape index (κ1) is 17.6. The number of aliphatic carboxylic acids is 1. The molecule has 0 aliphatic rings. The lowest BCUT2D eigenvalue weighted by Crippen LogP contribution is -2.38. The Bertz CT molecular complexity index is 377. The van der Waals surface area contributed by atoms with E-state index in [1.165, 1.54) is 12.1 Å². The zero-order chi connectivity index (χ0) is 15.1. The van der Waals surface area contributed by atoms with Gasteiger partial charge in [0.05, 0.1) is 20.6 Å². The highest BCUT2D eigenvalue weighted by Crippen LogP contribution is 2.09. The Hall–Kier alpha value is -1.35. The predicted octanol–water partition coefficient (Wildman–Crippen LogP) is 2.07. The smallest absolute Gasteiger partial charge is 0.104 e. The van der Waals surface area contributed by atoms with Crippen molar-refractivity contribution in [1.82, 2.24) is 0 Å². The highest BCUT2D eigenvalue weighted by molar-refractivity contribution is 5.70. The third-order valence-corrected chi connectivity index (χ3v) is 2.92. The topological polar surface area (TPSA) is 40.1 Å². The van der Waals surface area contributed by atoms with Gasteiger partial charge in [-0.2, -0.15) is 0 Å². The molecule has 0 spiro atoms. The number of benzene rings is 1. The van der Waals surface area contributed by atoms with E-state index in [9.17, 15) is 9.90 Å². The van der Waals surface area contributed by atoms with Crippen LogP contribution in [0.1, 0.15) is 33.3 Å². The zero-order valence-electron chi connectivity index (χ0n) is 13.1. The van der Waals surface area contributed by atoms with Crippen molar-refractivity contribution < 1.29 is 14.4 Å². The van der Waals surface area contributed by atoms with Crippen LogP contribution in [-0.4, -0.2) is 31.1 Å². The number of carbonyl (C=O) groups excluding carboxylic acids is 1. The summed E-state index contributed by atoms with van der Waals surface area (Å²) in [5.74, 6) is -1.01. The number of carbonyl (C=O) groups is 1. The molecule has 0 fully saturated rings. The first-order chi connectivity index (χ1) is 8.58. The summed E-state index contributed by atoms with van der Waals surface area (Å²) in [5.41, 5.74) is 0.726. The maximum atomic E-state index is 9.91. The van der Waals surface area contributed by atoms with Gasteiger partial charge in [0.2, 0.25) is 0 Å². The molecule has 108 valence electrons. The number of quaternary nitrogens is 1. The van der Waals surface area contributed by atoms with Crippen molar-refractivity contribution in [2.45, 2.75) is 34.2 Å². The molecule has 0 aliphatic carbocycles. The summed E-state index contributed by atoms with van der Waals surface area (Å²) in [6.45, 7) is 9.32. The van der Waals surface area contributed by atoms with E-state index in [0.717, 1.165) is 11.0 Å². The van der Waals surface area contributed by atoms with E-state index >= 15 is 0 Å². The summed E-state index contributed by atoms with van der Waals surface area (Å²) in [4.78, 5) is 9.91. The second kappa shape index (κ2) is 7.29. The average molecular weight is 265 g/mol. The molecular formula is C16H27NO2.